The van der Waals surface area contributed by atoms with Gasteiger partial charge in [0.2, 0.25) is 5.88 Å². The van der Waals surface area contributed by atoms with Crippen molar-refractivity contribution in [1.82, 2.24) is 20.4 Å². The Morgan fingerprint density at radius 2 is 1.81 bits per heavy atom. The van der Waals surface area contributed by atoms with Crippen LogP contribution in [0, 0.1) is 5.82 Å². The number of carbonyl (C=O) groups excluding carboxylic acids is 1. The molecule has 1 N–H and O–H groups in total. The van der Waals surface area contributed by atoms with E-state index in [4.69, 9.17) is 4.74 Å². The van der Waals surface area contributed by atoms with Crippen molar-refractivity contribution >= 4 is 11.7 Å². The molecule has 32 heavy (non-hydrogen) atoms. The van der Waals surface area contributed by atoms with E-state index in [2.05, 4.69) is 25.3 Å². The molecular formula is C24H32FN5O2. The third kappa shape index (κ3) is 6.16. The highest BCUT2D eigenvalue weighted by molar-refractivity contribution is 5.77. The van der Waals surface area contributed by atoms with Crippen LogP contribution < -0.4 is 15.0 Å². The smallest absolute Gasteiger partial charge is 0.258 e. The van der Waals surface area contributed by atoms with Crippen LogP contribution in [-0.2, 0) is 11.2 Å². The van der Waals surface area contributed by atoms with Crippen molar-refractivity contribution in [1.29, 1.82) is 0 Å². The first kappa shape index (κ1) is 22.5. The van der Waals surface area contributed by atoms with E-state index in [1.807, 2.05) is 6.07 Å². The van der Waals surface area contributed by atoms with E-state index in [-0.39, 0.29) is 18.3 Å². The van der Waals surface area contributed by atoms with Gasteiger partial charge >= 0.3 is 0 Å². The Morgan fingerprint density at radius 1 is 1.03 bits per heavy atom. The van der Waals surface area contributed by atoms with Crippen LogP contribution in [0.25, 0.3) is 0 Å². The van der Waals surface area contributed by atoms with Gasteiger partial charge in [-0.15, -0.1) is 10.2 Å². The molecule has 1 aromatic heterocycles. The van der Waals surface area contributed by atoms with Crippen molar-refractivity contribution in [3.63, 3.8) is 0 Å². The molecule has 0 unspecified atom stereocenters. The Bertz CT molecular complexity index is 865. The molecule has 4 rings (SSSR count). The van der Waals surface area contributed by atoms with E-state index in [0.717, 1.165) is 38.0 Å². The number of benzene rings is 1. The van der Waals surface area contributed by atoms with E-state index >= 15 is 0 Å². The molecule has 1 saturated heterocycles. The average Bonchev–Trinajstić information content (AvgIpc) is 2.85. The van der Waals surface area contributed by atoms with Gasteiger partial charge in [0.15, 0.2) is 12.4 Å². The summed E-state index contributed by atoms with van der Waals surface area (Å²) in [5.41, 5.74) is 0.578. The number of amides is 1. The molecule has 0 atom stereocenters. The normalized spacial score (nSPS) is 17.8. The maximum absolute atomic E-state index is 13.6. The Morgan fingerprint density at radius 3 is 2.53 bits per heavy atom. The quantitative estimate of drug-likeness (QED) is 0.679. The molecule has 1 amide bonds. The number of hydrogen-bond acceptors (Lipinski definition) is 6. The van der Waals surface area contributed by atoms with Gasteiger partial charge in [0.1, 0.15) is 5.82 Å². The van der Waals surface area contributed by atoms with Gasteiger partial charge in [-0.2, -0.15) is 0 Å². The molecule has 2 fully saturated rings. The fraction of sp³-hybridized carbons (Fsp3) is 0.542. The molecule has 1 saturated carbocycles. The lowest BCUT2D eigenvalue weighted by Gasteiger charge is -2.41. The highest BCUT2D eigenvalue weighted by Gasteiger charge is 2.25. The molecule has 1 aromatic carbocycles. The van der Waals surface area contributed by atoms with Crippen LogP contribution in [0.5, 0.6) is 5.88 Å². The Balaban J connectivity index is 1.16. The van der Waals surface area contributed by atoms with E-state index in [9.17, 15) is 9.18 Å². The predicted octanol–water partition coefficient (Wildman–Crippen LogP) is 2.81. The first-order valence-corrected chi connectivity index (χ1v) is 11.6. The first-order valence-electron chi connectivity index (χ1n) is 11.6. The summed E-state index contributed by atoms with van der Waals surface area (Å²) >= 11 is 0. The zero-order valence-electron chi connectivity index (χ0n) is 18.5. The molecule has 0 bridgehead atoms. The third-order valence-corrected chi connectivity index (χ3v) is 6.38. The SMILES string of the molecule is O=C(COc1ccc(N2CCN(C3CCCCC3)CC2)nn1)NCCc1ccccc1F. The third-order valence-electron chi connectivity index (χ3n) is 6.38. The van der Waals surface area contributed by atoms with Crippen molar-refractivity contribution < 1.29 is 13.9 Å². The second-order valence-corrected chi connectivity index (χ2v) is 8.52. The Labute approximate surface area is 189 Å². The van der Waals surface area contributed by atoms with Crippen molar-refractivity contribution in [3.05, 3.63) is 47.8 Å². The molecule has 2 aromatic rings. The van der Waals surface area contributed by atoms with Gasteiger partial charge in [0.25, 0.3) is 5.91 Å². The summed E-state index contributed by atoms with van der Waals surface area (Å²) in [6, 6.07) is 11.0. The minimum atomic E-state index is -0.272. The number of rotatable bonds is 8. The van der Waals surface area contributed by atoms with E-state index in [1.165, 1.54) is 38.2 Å². The zero-order valence-corrected chi connectivity index (χ0v) is 18.5. The molecule has 7 nitrogen and oxygen atoms in total. The Kier molecular flexibility index (Phi) is 7.87. The molecule has 2 aliphatic rings. The lowest BCUT2D eigenvalue weighted by Crippen LogP contribution is -2.51. The van der Waals surface area contributed by atoms with Crippen molar-refractivity contribution in [2.45, 2.75) is 44.6 Å². The molecular weight excluding hydrogens is 409 g/mol. The first-order chi connectivity index (χ1) is 15.7. The van der Waals surface area contributed by atoms with Crippen molar-refractivity contribution in [2.24, 2.45) is 0 Å². The van der Waals surface area contributed by atoms with Gasteiger partial charge in [-0.05, 0) is 37.0 Å². The number of nitrogens with one attached hydrogen (secondary N) is 1. The molecule has 0 spiro atoms. The van der Waals surface area contributed by atoms with Crippen molar-refractivity contribution in [3.8, 4) is 5.88 Å². The molecule has 1 aliphatic carbocycles. The minimum Gasteiger partial charge on any atom is -0.466 e. The predicted molar refractivity (Wildman–Crippen MR) is 121 cm³/mol. The number of hydrogen-bond donors (Lipinski definition) is 1. The summed E-state index contributed by atoms with van der Waals surface area (Å²) in [4.78, 5) is 16.9. The highest BCUT2D eigenvalue weighted by Crippen LogP contribution is 2.24. The highest BCUT2D eigenvalue weighted by atomic mass is 19.1. The second kappa shape index (κ2) is 11.2. The van der Waals surface area contributed by atoms with Gasteiger partial charge < -0.3 is 15.0 Å². The largest absolute Gasteiger partial charge is 0.466 e. The molecule has 0 radical (unpaired) electrons. The van der Waals surface area contributed by atoms with Gasteiger partial charge in [-0.3, -0.25) is 9.69 Å². The number of ether oxygens (including phenoxy) is 1. The van der Waals surface area contributed by atoms with Crippen LogP contribution in [0.15, 0.2) is 36.4 Å². The minimum absolute atomic E-state index is 0.147. The average molecular weight is 442 g/mol. The van der Waals surface area contributed by atoms with E-state index in [1.54, 1.807) is 24.3 Å². The standard InChI is InChI=1S/C24H32FN5O2/c25-21-9-5-4-6-19(21)12-13-26-23(31)18-32-24-11-10-22(27-28-24)30-16-14-29(15-17-30)20-7-2-1-3-8-20/h4-6,9-11,20H,1-3,7-8,12-18H2,(H,26,31). The molecule has 8 heteroatoms. The van der Waals surface area contributed by atoms with Gasteiger partial charge in [-0.25, -0.2) is 4.39 Å². The fourth-order valence-electron chi connectivity index (χ4n) is 4.55. The summed E-state index contributed by atoms with van der Waals surface area (Å²) in [6.07, 6.45) is 7.21. The summed E-state index contributed by atoms with van der Waals surface area (Å²) < 4.78 is 19.0. The molecule has 2 heterocycles. The van der Waals surface area contributed by atoms with Gasteiger partial charge in [-0.1, -0.05) is 37.5 Å². The van der Waals surface area contributed by atoms with Crippen LogP contribution in [0.4, 0.5) is 10.2 Å². The number of halogens is 1. The number of piperazine rings is 1. The number of nitrogens with zero attached hydrogens (tertiary/aromatic N) is 4. The summed E-state index contributed by atoms with van der Waals surface area (Å²) in [6.45, 7) is 4.24. The lowest BCUT2D eigenvalue weighted by molar-refractivity contribution is -0.123. The van der Waals surface area contributed by atoms with E-state index < -0.39 is 0 Å². The van der Waals surface area contributed by atoms with Crippen LogP contribution in [0.3, 0.4) is 0 Å². The molecule has 172 valence electrons. The van der Waals surface area contributed by atoms with Gasteiger partial charge in [0.05, 0.1) is 0 Å². The maximum Gasteiger partial charge on any atom is 0.258 e. The summed E-state index contributed by atoms with van der Waals surface area (Å²) in [7, 11) is 0. The lowest BCUT2D eigenvalue weighted by atomic mass is 9.94. The zero-order chi connectivity index (χ0) is 22.2. The van der Waals surface area contributed by atoms with Crippen LogP contribution in [-0.4, -0.2) is 66.4 Å². The molecule has 1 aliphatic heterocycles. The van der Waals surface area contributed by atoms with Gasteiger partial charge in [0, 0.05) is 44.8 Å². The number of anilines is 1. The number of carbonyl (C=O) groups is 1. The maximum atomic E-state index is 13.6. The second-order valence-electron chi connectivity index (χ2n) is 8.52. The van der Waals surface area contributed by atoms with E-state index in [0.29, 0.717) is 24.4 Å². The summed E-state index contributed by atoms with van der Waals surface area (Å²) in [5.74, 6) is 0.628. The number of aromatic nitrogens is 2. The Hall–Kier alpha value is -2.74. The monoisotopic (exact) mass is 441 g/mol. The van der Waals surface area contributed by atoms with Crippen molar-refractivity contribution in [2.75, 3.05) is 44.2 Å². The topological polar surface area (TPSA) is 70.6 Å². The van der Waals surface area contributed by atoms with Crippen LogP contribution in [0.1, 0.15) is 37.7 Å². The van der Waals surface area contributed by atoms with Crippen LogP contribution >= 0.6 is 0 Å². The fourth-order valence-corrected chi connectivity index (χ4v) is 4.55. The van der Waals surface area contributed by atoms with Crippen LogP contribution in [0.2, 0.25) is 0 Å². The summed E-state index contributed by atoms with van der Waals surface area (Å²) in [5, 5.41) is 11.1.